The number of unbranched alkanes of at least 4 members (excludes halogenated alkanes) is 1. The van der Waals surface area contributed by atoms with Gasteiger partial charge in [0.05, 0.1) is 12.7 Å². The third kappa shape index (κ3) is 6.90. The molecule has 2 fully saturated rings. The number of pyridine rings is 1. The third-order valence-electron chi connectivity index (χ3n) is 7.07. The molecular weight excluding hydrogens is 516 g/mol. The highest BCUT2D eigenvalue weighted by molar-refractivity contribution is 7.99. The molecule has 38 heavy (non-hydrogen) atoms. The maximum Gasteiger partial charge on any atom is 0.305 e. The van der Waals surface area contributed by atoms with Crippen molar-refractivity contribution in [3.8, 4) is 16.9 Å². The molecule has 1 heterocycles. The smallest absolute Gasteiger partial charge is 0.305 e. The van der Waals surface area contributed by atoms with E-state index in [1.54, 1.807) is 11.8 Å². The number of ether oxygens (including phenoxy) is 2. The molecule has 0 unspecified atom stereocenters. The summed E-state index contributed by atoms with van der Waals surface area (Å²) < 4.78 is 11.2. The average Bonchev–Trinajstić information content (AvgIpc) is 3.86. The molecular formula is C31H35ClN2O3S. The van der Waals surface area contributed by atoms with Crippen molar-refractivity contribution in [2.45, 2.75) is 75.0 Å². The second-order valence-electron chi connectivity index (χ2n) is 10.0. The first-order chi connectivity index (χ1) is 18.6. The van der Waals surface area contributed by atoms with Gasteiger partial charge in [-0.3, -0.25) is 9.78 Å². The van der Waals surface area contributed by atoms with Gasteiger partial charge in [0.15, 0.2) is 0 Å². The first kappa shape index (κ1) is 27.0. The molecule has 1 N–H and O–H groups in total. The summed E-state index contributed by atoms with van der Waals surface area (Å²) in [7, 11) is 0. The van der Waals surface area contributed by atoms with E-state index >= 15 is 0 Å². The van der Waals surface area contributed by atoms with Crippen molar-refractivity contribution in [3.05, 3.63) is 77.1 Å². The van der Waals surface area contributed by atoms with E-state index in [1.807, 2.05) is 31.5 Å². The van der Waals surface area contributed by atoms with E-state index < -0.39 is 0 Å². The number of carbonyl (C=O) groups is 1. The van der Waals surface area contributed by atoms with E-state index in [0.717, 1.165) is 66.2 Å². The number of para-hydroxylation sites is 1. The van der Waals surface area contributed by atoms with Crippen LogP contribution in [-0.2, 0) is 21.6 Å². The van der Waals surface area contributed by atoms with Crippen LogP contribution < -0.4 is 10.1 Å². The van der Waals surface area contributed by atoms with Crippen LogP contribution in [-0.4, -0.2) is 29.4 Å². The number of esters is 1. The van der Waals surface area contributed by atoms with Crippen LogP contribution in [0.2, 0.25) is 5.02 Å². The van der Waals surface area contributed by atoms with Gasteiger partial charge in [-0.2, -0.15) is 0 Å². The molecule has 0 amide bonds. The molecule has 2 aromatic carbocycles. The number of rotatable bonds is 14. The molecule has 2 aliphatic carbocycles. The number of carbonyl (C=O) groups excluding carboxylic acids is 1. The van der Waals surface area contributed by atoms with Gasteiger partial charge in [-0.05, 0) is 98.2 Å². The summed E-state index contributed by atoms with van der Waals surface area (Å²) in [5.41, 5.74) is 4.51. The zero-order valence-corrected chi connectivity index (χ0v) is 23.5. The van der Waals surface area contributed by atoms with Crippen LogP contribution in [0.5, 0.6) is 5.75 Å². The molecule has 5 rings (SSSR count). The Morgan fingerprint density at radius 3 is 2.76 bits per heavy atom. The zero-order valence-electron chi connectivity index (χ0n) is 21.9. The van der Waals surface area contributed by atoms with Gasteiger partial charge in [0.25, 0.3) is 0 Å². The Balaban J connectivity index is 1.24. The van der Waals surface area contributed by atoms with Gasteiger partial charge in [0.2, 0.25) is 0 Å². The topological polar surface area (TPSA) is 60.5 Å². The van der Waals surface area contributed by atoms with Crippen molar-refractivity contribution in [1.82, 2.24) is 10.3 Å². The van der Waals surface area contributed by atoms with Gasteiger partial charge in [0.1, 0.15) is 5.75 Å². The molecule has 0 saturated heterocycles. The predicted octanol–water partition coefficient (Wildman–Crippen LogP) is 7.55. The van der Waals surface area contributed by atoms with Crippen molar-refractivity contribution < 1.29 is 14.3 Å². The van der Waals surface area contributed by atoms with Crippen molar-refractivity contribution in [3.63, 3.8) is 0 Å². The van der Waals surface area contributed by atoms with Gasteiger partial charge in [-0.25, -0.2) is 0 Å². The lowest BCUT2D eigenvalue weighted by Crippen LogP contribution is -2.29. The molecule has 0 spiro atoms. The number of aromatic nitrogens is 1. The molecule has 0 atom stereocenters. The van der Waals surface area contributed by atoms with Crippen molar-refractivity contribution in [2.75, 3.05) is 12.4 Å². The summed E-state index contributed by atoms with van der Waals surface area (Å²) >= 11 is 8.41. The van der Waals surface area contributed by atoms with Crippen LogP contribution in [0.3, 0.4) is 0 Å². The number of nitrogens with zero attached hydrogens (tertiary/aromatic N) is 1. The summed E-state index contributed by atoms with van der Waals surface area (Å²) in [6, 6.07) is 16.7. The molecule has 0 radical (unpaired) electrons. The monoisotopic (exact) mass is 550 g/mol. The van der Waals surface area contributed by atoms with E-state index in [0.29, 0.717) is 25.7 Å². The summed E-state index contributed by atoms with van der Waals surface area (Å²) in [5, 5.41) is 4.60. The van der Waals surface area contributed by atoms with E-state index in [1.165, 1.54) is 16.0 Å². The first-order valence-electron chi connectivity index (χ1n) is 13.6. The van der Waals surface area contributed by atoms with Crippen LogP contribution in [0.4, 0.5) is 0 Å². The molecule has 2 saturated carbocycles. The Morgan fingerprint density at radius 2 is 1.97 bits per heavy atom. The Morgan fingerprint density at radius 1 is 1.13 bits per heavy atom. The van der Waals surface area contributed by atoms with Gasteiger partial charge in [-0.1, -0.05) is 29.8 Å². The molecule has 2 aliphatic rings. The lowest BCUT2D eigenvalue weighted by atomic mass is 9.94. The Hall–Kier alpha value is -2.54. The summed E-state index contributed by atoms with van der Waals surface area (Å²) in [4.78, 5) is 17.2. The number of hydrogen-bond acceptors (Lipinski definition) is 6. The number of benzene rings is 2. The van der Waals surface area contributed by atoms with Gasteiger partial charge >= 0.3 is 5.97 Å². The maximum absolute atomic E-state index is 11.5. The highest BCUT2D eigenvalue weighted by Gasteiger charge is 2.45. The number of nitrogens with one attached hydrogen (secondary N) is 1. The Bertz CT molecular complexity index is 1260. The fourth-order valence-corrected chi connectivity index (χ4v) is 5.83. The normalized spacial score (nSPS) is 15.7. The van der Waals surface area contributed by atoms with E-state index in [2.05, 4.69) is 46.7 Å². The van der Waals surface area contributed by atoms with Crippen molar-refractivity contribution >= 4 is 29.3 Å². The largest absolute Gasteiger partial charge is 0.490 e. The standard InChI is InChI=1S/C31H35ClN2O3S/c1-2-36-30(35)9-5-6-18-38-24-12-13-28(32)22(19-24)20-34-31(15-16-31)27-21-33-17-14-25(27)26-7-3-4-8-29(26)37-23-10-11-23/h3-4,7-8,12-14,17,19,21,23,34H,2,5-6,9-11,15-16,18,20H2,1H3. The third-order valence-corrected chi connectivity index (χ3v) is 8.51. The van der Waals surface area contributed by atoms with Crippen molar-refractivity contribution in [1.29, 1.82) is 0 Å². The van der Waals surface area contributed by atoms with E-state index in [4.69, 9.17) is 21.1 Å². The molecule has 3 aromatic rings. The first-order valence-corrected chi connectivity index (χ1v) is 15.0. The minimum Gasteiger partial charge on any atom is -0.490 e. The molecule has 5 nitrogen and oxygen atoms in total. The Labute approximate surface area is 234 Å². The zero-order chi connectivity index (χ0) is 26.4. The summed E-state index contributed by atoms with van der Waals surface area (Å²) in [5.74, 6) is 1.80. The molecule has 0 aliphatic heterocycles. The number of halogens is 1. The fraction of sp³-hybridized carbons (Fsp3) is 0.419. The quantitative estimate of drug-likeness (QED) is 0.127. The number of hydrogen-bond donors (Lipinski definition) is 1. The van der Waals surface area contributed by atoms with E-state index in [-0.39, 0.29) is 11.5 Å². The van der Waals surface area contributed by atoms with Crippen LogP contribution >= 0.6 is 23.4 Å². The second kappa shape index (κ2) is 12.5. The molecule has 7 heteroatoms. The van der Waals surface area contributed by atoms with Crippen LogP contribution in [0, 0.1) is 0 Å². The molecule has 0 bridgehead atoms. The van der Waals surface area contributed by atoms with Crippen LogP contribution in [0.1, 0.15) is 63.0 Å². The highest BCUT2D eigenvalue weighted by Crippen LogP contribution is 2.50. The fourth-order valence-electron chi connectivity index (χ4n) is 4.67. The minimum atomic E-state index is -0.115. The predicted molar refractivity (Wildman–Crippen MR) is 154 cm³/mol. The van der Waals surface area contributed by atoms with E-state index in [9.17, 15) is 4.79 Å². The lowest BCUT2D eigenvalue weighted by molar-refractivity contribution is -0.143. The Kier molecular flexibility index (Phi) is 8.93. The van der Waals surface area contributed by atoms with Crippen LogP contribution in [0.15, 0.2) is 65.8 Å². The van der Waals surface area contributed by atoms with Crippen molar-refractivity contribution in [2.24, 2.45) is 0 Å². The summed E-state index contributed by atoms with van der Waals surface area (Å²) in [6.45, 7) is 2.97. The average molecular weight is 551 g/mol. The maximum atomic E-state index is 11.5. The van der Waals surface area contributed by atoms with Crippen LogP contribution in [0.25, 0.3) is 11.1 Å². The minimum absolute atomic E-state index is 0.109. The number of thioether (sulfide) groups is 1. The highest BCUT2D eigenvalue weighted by atomic mass is 35.5. The SMILES string of the molecule is CCOC(=O)CCCCSc1ccc(Cl)c(CNC2(c3cnccc3-c3ccccc3OC3CC3)CC2)c1. The van der Waals surface area contributed by atoms with Gasteiger partial charge in [-0.15, -0.1) is 11.8 Å². The van der Waals surface area contributed by atoms with Gasteiger partial charge < -0.3 is 14.8 Å². The molecule has 200 valence electrons. The summed E-state index contributed by atoms with van der Waals surface area (Å²) in [6.07, 6.45) is 10.9. The van der Waals surface area contributed by atoms with Gasteiger partial charge in [0, 0.05) is 46.4 Å². The second-order valence-corrected chi connectivity index (χ2v) is 11.6. The lowest BCUT2D eigenvalue weighted by Gasteiger charge is -2.23. The molecule has 1 aromatic heterocycles.